The number of rotatable bonds is 5. The average molecular weight is 342 g/mol. The molecule has 5 nitrogen and oxygen atoms in total. The molecule has 0 amide bonds. The van der Waals surface area contributed by atoms with Crippen molar-refractivity contribution in [3.05, 3.63) is 52.5 Å². The second-order valence-electron chi connectivity index (χ2n) is 5.88. The number of hydrogen-bond donors (Lipinski definition) is 0. The topological polar surface area (TPSA) is 55.6 Å². The second-order valence-corrected chi connectivity index (χ2v) is 6.83. The summed E-state index contributed by atoms with van der Waals surface area (Å²) in [6.45, 7) is 2.61. The number of aromatic nitrogens is 1. The Morgan fingerprint density at radius 2 is 2.21 bits per heavy atom. The first-order valence-electron chi connectivity index (χ1n) is 8.02. The van der Waals surface area contributed by atoms with Crippen molar-refractivity contribution < 1.29 is 13.9 Å². The number of Topliss-reactive ketones (excluding diaryl/α,β-unsaturated/α-hetero) is 1. The number of carbonyl (C=O) groups is 1. The number of benzene rings is 1. The van der Waals surface area contributed by atoms with E-state index in [-0.39, 0.29) is 11.8 Å². The van der Waals surface area contributed by atoms with Gasteiger partial charge in [0.2, 0.25) is 5.89 Å². The Labute approximate surface area is 143 Å². The second kappa shape index (κ2) is 6.84. The average Bonchev–Trinajstić information content (AvgIpc) is 3.25. The zero-order chi connectivity index (χ0) is 16.4. The van der Waals surface area contributed by atoms with Gasteiger partial charge in [0, 0.05) is 19.0 Å². The standard InChI is InChI=1S/C18H18N2O3S/c21-15(17-6-3-9-24-17)10-13-12-22-8-7-20(13)11-18-19-14-4-1-2-5-16(14)23-18/h1-6,9,13H,7-8,10-12H2/t13-/m0/s1. The Morgan fingerprint density at radius 3 is 3.04 bits per heavy atom. The first-order valence-corrected chi connectivity index (χ1v) is 8.90. The number of carbonyl (C=O) groups excluding carboxylic acids is 1. The van der Waals surface area contributed by atoms with Gasteiger partial charge >= 0.3 is 0 Å². The molecule has 0 spiro atoms. The van der Waals surface area contributed by atoms with Gasteiger partial charge in [0.15, 0.2) is 11.4 Å². The number of thiophene rings is 1. The summed E-state index contributed by atoms with van der Waals surface area (Å²) in [6, 6.07) is 11.6. The third-order valence-electron chi connectivity index (χ3n) is 4.24. The fourth-order valence-electron chi connectivity index (χ4n) is 3.00. The maximum absolute atomic E-state index is 12.4. The molecule has 0 N–H and O–H groups in total. The van der Waals surface area contributed by atoms with E-state index in [9.17, 15) is 4.79 Å². The first kappa shape index (κ1) is 15.5. The zero-order valence-electron chi connectivity index (χ0n) is 13.2. The highest BCUT2D eigenvalue weighted by molar-refractivity contribution is 7.12. The Balaban J connectivity index is 1.48. The van der Waals surface area contributed by atoms with E-state index < -0.39 is 0 Å². The molecular weight excluding hydrogens is 324 g/mol. The third kappa shape index (κ3) is 3.26. The Bertz CT molecular complexity index is 795. The van der Waals surface area contributed by atoms with E-state index in [0.29, 0.717) is 32.1 Å². The molecule has 1 saturated heterocycles. The van der Waals surface area contributed by atoms with E-state index >= 15 is 0 Å². The normalized spacial score (nSPS) is 18.9. The van der Waals surface area contributed by atoms with Gasteiger partial charge in [-0.1, -0.05) is 18.2 Å². The van der Waals surface area contributed by atoms with Crippen LogP contribution in [0.5, 0.6) is 0 Å². The summed E-state index contributed by atoms with van der Waals surface area (Å²) < 4.78 is 11.4. The predicted molar refractivity (Wildman–Crippen MR) is 92.3 cm³/mol. The molecule has 124 valence electrons. The van der Waals surface area contributed by atoms with Crippen LogP contribution in [0.25, 0.3) is 11.1 Å². The largest absolute Gasteiger partial charge is 0.439 e. The van der Waals surface area contributed by atoms with Crippen LogP contribution in [0.3, 0.4) is 0 Å². The molecule has 1 aromatic carbocycles. The molecule has 24 heavy (non-hydrogen) atoms. The number of hydrogen-bond acceptors (Lipinski definition) is 6. The lowest BCUT2D eigenvalue weighted by Gasteiger charge is -2.34. The van der Waals surface area contributed by atoms with E-state index in [2.05, 4.69) is 9.88 Å². The Morgan fingerprint density at radius 1 is 1.29 bits per heavy atom. The number of nitrogens with zero attached hydrogens (tertiary/aromatic N) is 2. The number of para-hydroxylation sites is 2. The van der Waals surface area contributed by atoms with Crippen molar-refractivity contribution in [3.8, 4) is 0 Å². The van der Waals surface area contributed by atoms with E-state index in [1.54, 1.807) is 0 Å². The molecule has 2 aromatic heterocycles. The number of ketones is 1. The fraction of sp³-hybridized carbons (Fsp3) is 0.333. The van der Waals surface area contributed by atoms with Crippen molar-refractivity contribution in [2.75, 3.05) is 19.8 Å². The van der Waals surface area contributed by atoms with Crippen molar-refractivity contribution >= 4 is 28.2 Å². The monoisotopic (exact) mass is 342 g/mol. The van der Waals surface area contributed by atoms with E-state index in [1.807, 2.05) is 41.8 Å². The minimum Gasteiger partial charge on any atom is -0.439 e. The summed E-state index contributed by atoms with van der Waals surface area (Å²) in [7, 11) is 0. The molecule has 0 aliphatic carbocycles. The van der Waals surface area contributed by atoms with Gasteiger partial charge in [-0.2, -0.15) is 0 Å². The van der Waals surface area contributed by atoms with Crippen molar-refractivity contribution in [1.29, 1.82) is 0 Å². The van der Waals surface area contributed by atoms with Crippen LogP contribution in [0, 0.1) is 0 Å². The van der Waals surface area contributed by atoms with Gasteiger partial charge in [0.1, 0.15) is 5.52 Å². The molecular formula is C18H18N2O3S. The SMILES string of the molecule is O=C(C[C@H]1COCCN1Cc1nc2ccccc2o1)c1cccs1. The minimum atomic E-state index is 0.0587. The number of ether oxygens (including phenoxy) is 1. The van der Waals surface area contributed by atoms with Crippen molar-refractivity contribution in [1.82, 2.24) is 9.88 Å². The van der Waals surface area contributed by atoms with E-state index in [1.165, 1.54) is 11.3 Å². The van der Waals surface area contributed by atoms with Gasteiger partial charge < -0.3 is 9.15 Å². The zero-order valence-corrected chi connectivity index (χ0v) is 14.0. The molecule has 1 atom stereocenters. The fourth-order valence-corrected chi connectivity index (χ4v) is 3.67. The molecule has 6 heteroatoms. The minimum absolute atomic E-state index is 0.0587. The highest BCUT2D eigenvalue weighted by Crippen LogP contribution is 2.21. The van der Waals surface area contributed by atoms with E-state index in [0.717, 1.165) is 22.5 Å². The van der Waals surface area contributed by atoms with Crippen LogP contribution in [-0.4, -0.2) is 41.5 Å². The van der Waals surface area contributed by atoms with Crippen molar-refractivity contribution in [3.63, 3.8) is 0 Å². The number of oxazole rings is 1. The third-order valence-corrected chi connectivity index (χ3v) is 5.15. The number of fused-ring (bicyclic) bond motifs is 1. The molecule has 1 aliphatic rings. The summed E-state index contributed by atoms with van der Waals surface area (Å²) in [5.74, 6) is 0.856. The quantitative estimate of drug-likeness (QED) is 0.666. The molecule has 3 heterocycles. The predicted octanol–water partition coefficient (Wildman–Crippen LogP) is 3.36. The molecule has 0 unspecified atom stereocenters. The van der Waals surface area contributed by atoms with Gasteiger partial charge in [-0.05, 0) is 23.6 Å². The maximum atomic E-state index is 12.4. The highest BCUT2D eigenvalue weighted by Gasteiger charge is 2.27. The van der Waals surface area contributed by atoms with Crippen LogP contribution in [-0.2, 0) is 11.3 Å². The van der Waals surface area contributed by atoms with Gasteiger partial charge in [-0.25, -0.2) is 4.98 Å². The van der Waals surface area contributed by atoms with Gasteiger partial charge in [-0.3, -0.25) is 9.69 Å². The summed E-state index contributed by atoms with van der Waals surface area (Å²) >= 11 is 1.49. The van der Waals surface area contributed by atoms with Crippen LogP contribution in [0.15, 0.2) is 46.2 Å². The molecule has 0 bridgehead atoms. The van der Waals surface area contributed by atoms with Crippen LogP contribution >= 0.6 is 11.3 Å². The van der Waals surface area contributed by atoms with Gasteiger partial charge in [0.05, 0.1) is 24.6 Å². The van der Waals surface area contributed by atoms with E-state index in [4.69, 9.17) is 9.15 Å². The van der Waals surface area contributed by atoms with Crippen LogP contribution in [0.4, 0.5) is 0 Å². The Kier molecular flexibility index (Phi) is 4.42. The summed E-state index contributed by atoms with van der Waals surface area (Å²) in [5, 5.41) is 1.93. The summed E-state index contributed by atoms with van der Waals surface area (Å²) in [4.78, 5) is 20.0. The smallest absolute Gasteiger partial charge is 0.209 e. The molecule has 4 rings (SSSR count). The Hall–Kier alpha value is -2.02. The summed E-state index contributed by atoms with van der Waals surface area (Å²) in [6.07, 6.45) is 0.459. The van der Waals surface area contributed by atoms with Gasteiger partial charge in [-0.15, -0.1) is 11.3 Å². The highest BCUT2D eigenvalue weighted by atomic mass is 32.1. The molecule has 1 fully saturated rings. The lowest BCUT2D eigenvalue weighted by atomic mass is 10.1. The molecule has 0 saturated carbocycles. The van der Waals surface area contributed by atoms with Crippen molar-refractivity contribution in [2.24, 2.45) is 0 Å². The van der Waals surface area contributed by atoms with Crippen LogP contribution < -0.4 is 0 Å². The van der Waals surface area contributed by atoms with Crippen LogP contribution in [0.1, 0.15) is 22.0 Å². The van der Waals surface area contributed by atoms with Crippen molar-refractivity contribution in [2.45, 2.75) is 19.0 Å². The van der Waals surface area contributed by atoms with Crippen LogP contribution in [0.2, 0.25) is 0 Å². The lowest BCUT2D eigenvalue weighted by Crippen LogP contribution is -2.45. The summed E-state index contributed by atoms with van der Waals surface area (Å²) in [5.41, 5.74) is 1.67. The molecule has 3 aromatic rings. The number of morpholine rings is 1. The molecule has 0 radical (unpaired) electrons. The van der Waals surface area contributed by atoms with Gasteiger partial charge in [0.25, 0.3) is 0 Å². The first-order chi connectivity index (χ1) is 11.8. The lowest BCUT2D eigenvalue weighted by molar-refractivity contribution is -0.0156. The maximum Gasteiger partial charge on any atom is 0.209 e. The molecule has 1 aliphatic heterocycles.